The minimum atomic E-state index is -3.50. The zero-order chi connectivity index (χ0) is 17.7. The fourth-order valence-electron chi connectivity index (χ4n) is 3.24. The molecule has 0 radical (unpaired) electrons. The lowest BCUT2D eigenvalue weighted by atomic mass is 9.96. The molecular formula is C18H30N2O3S. The Hall–Kier alpha value is -1.11. The van der Waals surface area contributed by atoms with Crippen LogP contribution in [0.2, 0.25) is 0 Å². The summed E-state index contributed by atoms with van der Waals surface area (Å²) in [5.41, 5.74) is 1.63. The van der Waals surface area contributed by atoms with Gasteiger partial charge >= 0.3 is 0 Å². The lowest BCUT2D eigenvalue weighted by Gasteiger charge is -2.22. The van der Waals surface area contributed by atoms with E-state index < -0.39 is 10.0 Å². The Bertz CT molecular complexity index is 650. The average Bonchev–Trinajstić information content (AvgIpc) is 2.54. The van der Waals surface area contributed by atoms with Gasteiger partial charge in [0, 0.05) is 6.54 Å². The van der Waals surface area contributed by atoms with Crippen molar-refractivity contribution in [1.29, 1.82) is 0 Å². The first kappa shape index (κ1) is 19.2. The van der Waals surface area contributed by atoms with Crippen molar-refractivity contribution < 1.29 is 13.2 Å². The van der Waals surface area contributed by atoms with E-state index >= 15 is 0 Å². The number of aryl methyl sites for hydroxylation is 1. The lowest BCUT2D eigenvalue weighted by molar-refractivity contribution is 0.358. The van der Waals surface area contributed by atoms with Gasteiger partial charge in [-0.05, 0) is 74.4 Å². The van der Waals surface area contributed by atoms with Crippen molar-refractivity contribution in [3.05, 3.63) is 23.3 Å². The summed E-state index contributed by atoms with van der Waals surface area (Å²) in [5, 5.41) is 3.36. The Morgan fingerprint density at radius 2 is 2.12 bits per heavy atom. The van der Waals surface area contributed by atoms with Gasteiger partial charge in [0.2, 0.25) is 10.0 Å². The zero-order valence-corrected chi connectivity index (χ0v) is 16.0. The molecule has 0 saturated carbocycles. The number of ether oxygens (including phenoxy) is 1. The zero-order valence-electron chi connectivity index (χ0n) is 15.2. The number of rotatable bonds is 7. The average molecular weight is 355 g/mol. The maximum absolute atomic E-state index is 12.7. The number of piperidine rings is 1. The largest absolute Gasteiger partial charge is 0.496 e. The molecule has 2 N–H and O–H groups in total. The summed E-state index contributed by atoms with van der Waals surface area (Å²) in [7, 11) is -1.88. The third kappa shape index (κ3) is 4.71. The SMILES string of the molecule is COc1cc(C)c(S(=O)(=O)NCCC2CCCNC2)cc1C(C)C. The number of methoxy groups -OCH3 is 1. The fraction of sp³-hybridized carbons (Fsp3) is 0.667. The Labute approximate surface area is 146 Å². The molecule has 0 amide bonds. The predicted octanol–water partition coefficient (Wildman–Crippen LogP) is 2.80. The molecule has 0 bridgehead atoms. The van der Waals surface area contributed by atoms with Crippen LogP contribution in [0.15, 0.2) is 17.0 Å². The summed E-state index contributed by atoms with van der Waals surface area (Å²) in [6, 6.07) is 3.57. The first-order valence-electron chi connectivity index (χ1n) is 8.74. The van der Waals surface area contributed by atoms with Gasteiger partial charge in [0.15, 0.2) is 0 Å². The molecule has 1 aromatic carbocycles. The number of sulfonamides is 1. The topological polar surface area (TPSA) is 67.4 Å². The van der Waals surface area contributed by atoms with Gasteiger partial charge in [0.05, 0.1) is 12.0 Å². The second-order valence-electron chi connectivity index (χ2n) is 6.91. The minimum absolute atomic E-state index is 0.197. The van der Waals surface area contributed by atoms with Crippen molar-refractivity contribution >= 4 is 10.0 Å². The van der Waals surface area contributed by atoms with E-state index in [1.165, 1.54) is 12.8 Å². The Morgan fingerprint density at radius 1 is 1.38 bits per heavy atom. The van der Waals surface area contributed by atoms with Crippen LogP contribution in [-0.2, 0) is 10.0 Å². The smallest absolute Gasteiger partial charge is 0.240 e. The van der Waals surface area contributed by atoms with Crippen molar-refractivity contribution in [1.82, 2.24) is 10.0 Å². The second-order valence-corrected chi connectivity index (χ2v) is 8.65. The summed E-state index contributed by atoms with van der Waals surface area (Å²) < 4.78 is 33.6. The lowest BCUT2D eigenvalue weighted by Crippen LogP contribution is -2.33. The van der Waals surface area contributed by atoms with Crippen LogP contribution in [0.5, 0.6) is 5.75 Å². The summed E-state index contributed by atoms with van der Waals surface area (Å²) in [5.74, 6) is 1.50. The molecule has 0 aliphatic carbocycles. The van der Waals surface area contributed by atoms with Crippen molar-refractivity contribution in [2.45, 2.75) is 50.8 Å². The third-order valence-electron chi connectivity index (χ3n) is 4.68. The molecule has 1 aliphatic rings. The fourth-order valence-corrected chi connectivity index (χ4v) is 4.55. The van der Waals surface area contributed by atoms with Crippen LogP contribution in [0.3, 0.4) is 0 Å². The quantitative estimate of drug-likeness (QED) is 0.790. The number of benzene rings is 1. The van der Waals surface area contributed by atoms with Crippen molar-refractivity contribution in [2.75, 3.05) is 26.7 Å². The molecule has 136 valence electrons. The monoisotopic (exact) mass is 354 g/mol. The van der Waals surface area contributed by atoms with E-state index in [0.717, 1.165) is 30.8 Å². The van der Waals surface area contributed by atoms with Crippen molar-refractivity contribution in [2.24, 2.45) is 5.92 Å². The van der Waals surface area contributed by atoms with E-state index in [2.05, 4.69) is 10.0 Å². The number of nitrogens with one attached hydrogen (secondary N) is 2. The molecule has 1 aromatic rings. The van der Waals surface area contributed by atoms with Gasteiger partial charge in [-0.2, -0.15) is 0 Å². The summed E-state index contributed by atoms with van der Waals surface area (Å²) in [6.45, 7) is 8.43. The van der Waals surface area contributed by atoms with Gasteiger partial charge in [-0.15, -0.1) is 0 Å². The molecule has 1 atom stereocenters. The Balaban J connectivity index is 2.11. The molecule has 0 spiro atoms. The van der Waals surface area contributed by atoms with E-state index in [4.69, 9.17) is 4.74 Å². The highest BCUT2D eigenvalue weighted by Crippen LogP contribution is 2.31. The molecule has 5 nitrogen and oxygen atoms in total. The molecule has 6 heteroatoms. The molecule has 1 aliphatic heterocycles. The maximum atomic E-state index is 12.7. The van der Waals surface area contributed by atoms with Crippen molar-refractivity contribution in [3.63, 3.8) is 0 Å². The molecular weight excluding hydrogens is 324 g/mol. The van der Waals surface area contributed by atoms with Gasteiger partial charge in [0.25, 0.3) is 0 Å². The molecule has 1 saturated heterocycles. The van der Waals surface area contributed by atoms with Gasteiger partial charge in [-0.3, -0.25) is 0 Å². The van der Waals surface area contributed by atoms with Crippen LogP contribution in [0.1, 0.15) is 50.2 Å². The molecule has 24 heavy (non-hydrogen) atoms. The minimum Gasteiger partial charge on any atom is -0.496 e. The van der Waals surface area contributed by atoms with Gasteiger partial charge in [-0.1, -0.05) is 13.8 Å². The molecule has 2 rings (SSSR count). The van der Waals surface area contributed by atoms with Crippen LogP contribution < -0.4 is 14.8 Å². The summed E-state index contributed by atoms with van der Waals surface area (Å²) in [4.78, 5) is 0.355. The Morgan fingerprint density at radius 3 is 2.71 bits per heavy atom. The standard InChI is InChI=1S/C18H30N2O3S/c1-13(2)16-11-18(14(3)10-17(16)23-4)24(21,22)20-9-7-15-6-5-8-19-12-15/h10-11,13,15,19-20H,5-9,12H2,1-4H3. The first-order chi connectivity index (χ1) is 11.3. The van der Waals surface area contributed by atoms with E-state index in [1.54, 1.807) is 13.2 Å². The van der Waals surface area contributed by atoms with Crippen LogP contribution in [0, 0.1) is 12.8 Å². The highest BCUT2D eigenvalue weighted by atomic mass is 32.2. The highest BCUT2D eigenvalue weighted by molar-refractivity contribution is 7.89. The summed E-state index contributed by atoms with van der Waals surface area (Å²) in [6.07, 6.45) is 3.22. The van der Waals surface area contributed by atoms with Crippen LogP contribution in [0.25, 0.3) is 0 Å². The summed E-state index contributed by atoms with van der Waals surface area (Å²) >= 11 is 0. The van der Waals surface area contributed by atoms with Gasteiger partial charge in [0.1, 0.15) is 5.75 Å². The van der Waals surface area contributed by atoms with Gasteiger partial charge in [-0.25, -0.2) is 13.1 Å². The Kier molecular flexibility index (Phi) is 6.66. The van der Waals surface area contributed by atoms with Crippen LogP contribution >= 0.6 is 0 Å². The van der Waals surface area contributed by atoms with E-state index in [0.29, 0.717) is 22.9 Å². The van der Waals surface area contributed by atoms with E-state index in [1.807, 2.05) is 26.8 Å². The molecule has 0 aromatic heterocycles. The second kappa shape index (κ2) is 8.32. The first-order valence-corrected chi connectivity index (χ1v) is 10.2. The molecule has 1 unspecified atom stereocenters. The molecule has 1 heterocycles. The van der Waals surface area contributed by atoms with Crippen molar-refractivity contribution in [3.8, 4) is 5.75 Å². The number of hydrogen-bond acceptors (Lipinski definition) is 4. The van der Waals surface area contributed by atoms with Gasteiger partial charge < -0.3 is 10.1 Å². The third-order valence-corrected chi connectivity index (χ3v) is 6.29. The maximum Gasteiger partial charge on any atom is 0.240 e. The number of hydrogen-bond donors (Lipinski definition) is 2. The predicted molar refractivity (Wildman–Crippen MR) is 97.2 cm³/mol. The van der Waals surface area contributed by atoms with E-state index in [-0.39, 0.29) is 5.92 Å². The highest BCUT2D eigenvalue weighted by Gasteiger charge is 2.21. The molecule has 1 fully saturated rings. The van der Waals surface area contributed by atoms with Crippen LogP contribution in [0.4, 0.5) is 0 Å². The van der Waals surface area contributed by atoms with E-state index in [9.17, 15) is 8.42 Å². The normalized spacial score (nSPS) is 18.8. The van der Waals surface area contributed by atoms with Crippen LogP contribution in [-0.4, -0.2) is 35.2 Å².